The average molecular weight is 538 g/mol. The number of unbranched alkanes of at least 4 members (excludes halogenated alkanes) is 22. The first-order valence-corrected chi connectivity index (χ1v) is 17.5. The number of benzene rings is 1. The first kappa shape index (κ1) is 33.6. The van der Waals surface area contributed by atoms with Gasteiger partial charge in [-0.1, -0.05) is 160 Å². The molecule has 0 aliphatic heterocycles. The smallest absolute Gasteiger partial charge is 0.230 e. The van der Waals surface area contributed by atoms with Gasteiger partial charge in [-0.25, -0.2) is 9.13 Å². The van der Waals surface area contributed by atoms with Crippen molar-refractivity contribution in [1.29, 1.82) is 0 Å². The molecule has 0 bridgehead atoms. The zero-order valence-corrected chi connectivity index (χ0v) is 26.3. The molecule has 0 aliphatic carbocycles. The van der Waals surface area contributed by atoms with Gasteiger partial charge in [0.1, 0.15) is 12.4 Å². The summed E-state index contributed by atoms with van der Waals surface area (Å²) < 4.78 is 5.04. The minimum Gasteiger partial charge on any atom is -0.230 e. The van der Waals surface area contributed by atoms with Crippen LogP contribution in [0.5, 0.6) is 0 Å². The zero-order valence-electron chi connectivity index (χ0n) is 26.3. The maximum atomic E-state index is 2.52. The molecule has 1 aromatic heterocycles. The molecule has 1 aromatic carbocycles. The van der Waals surface area contributed by atoms with Gasteiger partial charge in [-0.2, -0.15) is 0 Å². The standard InChI is InChI=1S/C37H65N2/c1-3-5-7-9-11-13-15-17-19-21-23-28-32-38-34-35-39(37(38)36-30-26-25-27-31-36)33-29-24-22-20-18-16-14-12-10-8-6-4-2/h25-27,30-31,34-35H,3-24,28-29,32-33H2,1-2H3/q+1. The Morgan fingerprint density at radius 3 is 1.36 bits per heavy atom. The maximum Gasteiger partial charge on any atom is 0.288 e. The van der Waals surface area contributed by atoms with Crippen molar-refractivity contribution in [3.05, 3.63) is 42.7 Å². The molecule has 2 nitrogen and oxygen atoms in total. The Hall–Kier alpha value is -1.57. The molecule has 0 N–H and O–H groups in total. The molecule has 0 atom stereocenters. The molecule has 0 aliphatic rings. The summed E-state index contributed by atoms with van der Waals surface area (Å²) >= 11 is 0. The van der Waals surface area contributed by atoms with E-state index in [4.69, 9.17) is 0 Å². The Labute approximate surface area is 244 Å². The van der Waals surface area contributed by atoms with E-state index < -0.39 is 0 Å². The van der Waals surface area contributed by atoms with E-state index in [-0.39, 0.29) is 0 Å². The van der Waals surface area contributed by atoms with Gasteiger partial charge in [-0.15, -0.1) is 0 Å². The monoisotopic (exact) mass is 538 g/mol. The number of hydrogen-bond donors (Lipinski definition) is 0. The van der Waals surface area contributed by atoms with Crippen molar-refractivity contribution < 1.29 is 4.57 Å². The van der Waals surface area contributed by atoms with Crippen molar-refractivity contribution in [2.24, 2.45) is 0 Å². The molecule has 39 heavy (non-hydrogen) atoms. The SMILES string of the molecule is CCCCCCCCCCCCCCn1cc[n+](CCCCCCCCCCCCCC)c1-c1ccccc1. The number of imidazole rings is 1. The second kappa shape index (κ2) is 24.2. The van der Waals surface area contributed by atoms with Gasteiger partial charge < -0.3 is 0 Å². The van der Waals surface area contributed by atoms with E-state index in [1.165, 1.54) is 165 Å². The Kier molecular flexibility index (Phi) is 20.9. The highest BCUT2D eigenvalue weighted by Gasteiger charge is 2.18. The molecule has 0 saturated heterocycles. The molecule has 0 unspecified atom stereocenters. The summed E-state index contributed by atoms with van der Waals surface area (Å²) in [6.45, 7) is 6.90. The van der Waals surface area contributed by atoms with Crippen LogP contribution in [0.3, 0.4) is 0 Å². The highest BCUT2D eigenvalue weighted by molar-refractivity contribution is 5.52. The third-order valence-corrected chi connectivity index (χ3v) is 8.51. The van der Waals surface area contributed by atoms with E-state index >= 15 is 0 Å². The largest absolute Gasteiger partial charge is 0.288 e. The van der Waals surface area contributed by atoms with Gasteiger partial charge in [0, 0.05) is 0 Å². The Morgan fingerprint density at radius 1 is 0.487 bits per heavy atom. The van der Waals surface area contributed by atoms with E-state index in [9.17, 15) is 0 Å². The van der Waals surface area contributed by atoms with Gasteiger partial charge in [-0.05, 0) is 37.8 Å². The summed E-state index contributed by atoms with van der Waals surface area (Å²) in [7, 11) is 0. The fourth-order valence-electron chi connectivity index (χ4n) is 5.99. The van der Waals surface area contributed by atoms with Gasteiger partial charge in [-0.3, -0.25) is 0 Å². The van der Waals surface area contributed by atoms with Crippen molar-refractivity contribution >= 4 is 0 Å². The van der Waals surface area contributed by atoms with E-state index in [0.29, 0.717) is 0 Å². The second-order valence-electron chi connectivity index (χ2n) is 12.2. The number of rotatable bonds is 27. The maximum absolute atomic E-state index is 2.52. The first-order chi connectivity index (χ1) is 19.4. The summed E-state index contributed by atoms with van der Waals surface area (Å²) in [6, 6.07) is 11.1. The number of hydrogen-bond acceptors (Lipinski definition) is 0. The molecule has 1 heterocycles. The topological polar surface area (TPSA) is 8.81 Å². The fraction of sp³-hybridized carbons (Fsp3) is 0.757. The van der Waals surface area contributed by atoms with E-state index in [1.54, 1.807) is 0 Å². The lowest BCUT2D eigenvalue weighted by Crippen LogP contribution is -2.34. The van der Waals surface area contributed by atoms with Crippen LogP contribution in [0.15, 0.2) is 42.7 Å². The molecule has 2 heteroatoms. The molecule has 222 valence electrons. The molecule has 2 rings (SSSR count). The first-order valence-electron chi connectivity index (χ1n) is 17.5. The van der Waals surface area contributed by atoms with Gasteiger partial charge >= 0.3 is 0 Å². The van der Waals surface area contributed by atoms with Crippen molar-refractivity contribution in [3.8, 4) is 11.4 Å². The summed E-state index contributed by atoms with van der Waals surface area (Å²) in [5.41, 5.74) is 1.36. The Balaban J connectivity index is 1.62. The number of aryl methyl sites for hydroxylation is 2. The van der Waals surface area contributed by atoms with Gasteiger partial charge in [0.05, 0.1) is 18.7 Å². The average Bonchev–Trinajstić information content (AvgIpc) is 3.37. The summed E-state index contributed by atoms with van der Waals surface area (Å²) in [5, 5.41) is 0. The molecule has 0 saturated carbocycles. The van der Waals surface area contributed by atoms with Crippen LogP contribution in [0.2, 0.25) is 0 Å². The number of nitrogens with zero attached hydrogens (tertiary/aromatic N) is 2. The highest BCUT2D eigenvalue weighted by atomic mass is 15.1. The molecule has 0 spiro atoms. The van der Waals surface area contributed by atoms with E-state index in [2.05, 4.69) is 65.7 Å². The van der Waals surface area contributed by atoms with Crippen LogP contribution in [0.1, 0.15) is 168 Å². The molecular formula is C37H65N2+. The second-order valence-corrected chi connectivity index (χ2v) is 12.2. The minimum atomic E-state index is 1.15. The van der Waals surface area contributed by atoms with Crippen molar-refractivity contribution in [2.45, 2.75) is 181 Å². The summed E-state index contributed by atoms with van der Waals surface area (Å²) in [4.78, 5) is 0. The van der Waals surface area contributed by atoms with Crippen molar-refractivity contribution in [1.82, 2.24) is 4.57 Å². The molecule has 0 radical (unpaired) electrons. The van der Waals surface area contributed by atoms with Crippen LogP contribution in [0.4, 0.5) is 0 Å². The fourth-order valence-corrected chi connectivity index (χ4v) is 5.99. The summed E-state index contributed by atoms with van der Waals surface area (Å²) in [6.07, 6.45) is 38.6. The lowest BCUT2D eigenvalue weighted by atomic mass is 10.1. The van der Waals surface area contributed by atoms with Gasteiger partial charge in [0.25, 0.3) is 5.82 Å². The van der Waals surface area contributed by atoms with E-state index in [1.807, 2.05) is 0 Å². The predicted molar refractivity (Wildman–Crippen MR) is 172 cm³/mol. The molecule has 0 amide bonds. The van der Waals surface area contributed by atoms with Crippen LogP contribution in [-0.4, -0.2) is 4.57 Å². The highest BCUT2D eigenvalue weighted by Crippen LogP contribution is 2.18. The van der Waals surface area contributed by atoms with Crippen LogP contribution in [0.25, 0.3) is 11.4 Å². The number of aromatic nitrogens is 2. The summed E-state index contributed by atoms with van der Waals surface area (Å²) in [5.74, 6) is 1.40. The van der Waals surface area contributed by atoms with Gasteiger partial charge in [0.2, 0.25) is 0 Å². The molecular weight excluding hydrogens is 472 g/mol. The van der Waals surface area contributed by atoms with Crippen molar-refractivity contribution in [2.75, 3.05) is 0 Å². The predicted octanol–water partition coefficient (Wildman–Crippen LogP) is 11.8. The van der Waals surface area contributed by atoms with Crippen LogP contribution >= 0.6 is 0 Å². The third-order valence-electron chi connectivity index (χ3n) is 8.51. The Morgan fingerprint density at radius 2 is 0.897 bits per heavy atom. The lowest BCUT2D eigenvalue weighted by Gasteiger charge is -2.07. The van der Waals surface area contributed by atoms with Crippen molar-refractivity contribution in [3.63, 3.8) is 0 Å². The Bertz CT molecular complexity index is 732. The lowest BCUT2D eigenvalue weighted by molar-refractivity contribution is -0.686. The van der Waals surface area contributed by atoms with E-state index in [0.717, 1.165) is 13.1 Å². The van der Waals surface area contributed by atoms with Crippen LogP contribution in [-0.2, 0) is 13.1 Å². The zero-order chi connectivity index (χ0) is 27.6. The van der Waals surface area contributed by atoms with Crippen LogP contribution in [0, 0.1) is 0 Å². The molecule has 2 aromatic rings. The quantitative estimate of drug-likeness (QED) is 0.0791. The third kappa shape index (κ3) is 16.3. The normalized spacial score (nSPS) is 11.4. The molecule has 0 fully saturated rings. The van der Waals surface area contributed by atoms with Gasteiger partial charge in [0.15, 0.2) is 0 Å². The minimum absolute atomic E-state index is 1.15. The van der Waals surface area contributed by atoms with Crippen LogP contribution < -0.4 is 4.57 Å².